The van der Waals surface area contributed by atoms with Crippen molar-refractivity contribution < 1.29 is 9.53 Å². The summed E-state index contributed by atoms with van der Waals surface area (Å²) in [5, 5.41) is 3.08. The molecule has 1 atom stereocenters. The van der Waals surface area contributed by atoms with Gasteiger partial charge in [-0.1, -0.05) is 36.2 Å². The predicted molar refractivity (Wildman–Crippen MR) is 103 cm³/mol. The van der Waals surface area contributed by atoms with Crippen LogP contribution in [0.5, 0.6) is 5.75 Å². The van der Waals surface area contributed by atoms with E-state index in [-0.39, 0.29) is 11.9 Å². The highest BCUT2D eigenvalue weighted by atomic mass is 35.5. The van der Waals surface area contributed by atoms with Crippen molar-refractivity contribution in [3.8, 4) is 5.75 Å². The van der Waals surface area contributed by atoms with Gasteiger partial charge < -0.3 is 10.1 Å². The molecule has 4 nitrogen and oxygen atoms in total. The maximum absolute atomic E-state index is 12.4. The van der Waals surface area contributed by atoms with Crippen molar-refractivity contribution in [1.82, 2.24) is 10.2 Å². The van der Waals surface area contributed by atoms with Crippen molar-refractivity contribution >= 4 is 28.8 Å². The van der Waals surface area contributed by atoms with Crippen LogP contribution in [0, 0.1) is 0 Å². The molecule has 25 heavy (non-hydrogen) atoms. The number of nitrogens with zero attached hydrogens (tertiary/aromatic N) is 1. The summed E-state index contributed by atoms with van der Waals surface area (Å²) in [7, 11) is 1.69. The summed E-state index contributed by atoms with van der Waals surface area (Å²) in [4.78, 5) is 15.5. The van der Waals surface area contributed by atoms with E-state index >= 15 is 0 Å². The van der Waals surface area contributed by atoms with Gasteiger partial charge in [0.1, 0.15) is 5.75 Å². The smallest absolute Gasteiger partial charge is 0.261 e. The number of piperidine rings is 1. The molecule has 0 bridgehead atoms. The van der Waals surface area contributed by atoms with Crippen LogP contribution in [0.15, 0.2) is 36.4 Å². The molecule has 1 aromatic carbocycles. The Morgan fingerprint density at radius 3 is 2.68 bits per heavy atom. The molecule has 1 aliphatic heterocycles. The summed E-state index contributed by atoms with van der Waals surface area (Å²) in [6.45, 7) is 2.64. The van der Waals surface area contributed by atoms with Crippen LogP contribution in [0.1, 0.15) is 40.5 Å². The Morgan fingerprint density at radius 2 is 2.00 bits per heavy atom. The van der Waals surface area contributed by atoms with Gasteiger partial charge in [-0.05, 0) is 44.1 Å². The zero-order valence-electron chi connectivity index (χ0n) is 14.3. The minimum Gasteiger partial charge on any atom is -0.496 e. The average Bonchev–Trinajstić information content (AvgIpc) is 3.09. The summed E-state index contributed by atoms with van der Waals surface area (Å²) in [6, 6.07) is 11.7. The van der Waals surface area contributed by atoms with Gasteiger partial charge in [-0.25, -0.2) is 0 Å². The molecule has 1 aromatic heterocycles. The predicted octanol–water partition coefficient (Wildman–Crippen LogP) is 4.37. The second-order valence-corrected chi connectivity index (χ2v) is 7.88. The number of methoxy groups -OCH3 is 1. The van der Waals surface area contributed by atoms with Gasteiger partial charge in [-0.3, -0.25) is 9.69 Å². The third kappa shape index (κ3) is 4.54. The summed E-state index contributed by atoms with van der Waals surface area (Å²) in [5.41, 5.74) is 1.12. The largest absolute Gasteiger partial charge is 0.496 e. The lowest BCUT2D eigenvalue weighted by molar-refractivity contribution is 0.0927. The van der Waals surface area contributed by atoms with E-state index in [4.69, 9.17) is 16.3 Å². The van der Waals surface area contributed by atoms with Crippen molar-refractivity contribution in [2.24, 2.45) is 0 Å². The molecule has 0 spiro atoms. The van der Waals surface area contributed by atoms with Crippen LogP contribution in [0.25, 0.3) is 0 Å². The molecule has 2 aromatic rings. The highest BCUT2D eigenvalue weighted by molar-refractivity contribution is 7.17. The first-order chi connectivity index (χ1) is 12.2. The average molecular weight is 379 g/mol. The molecule has 0 aliphatic carbocycles. The summed E-state index contributed by atoms with van der Waals surface area (Å²) < 4.78 is 6.18. The van der Waals surface area contributed by atoms with Crippen LogP contribution in [-0.2, 0) is 0 Å². The van der Waals surface area contributed by atoms with Crippen molar-refractivity contribution in [2.45, 2.75) is 25.3 Å². The Hall–Kier alpha value is -1.56. The van der Waals surface area contributed by atoms with Crippen LogP contribution in [0.4, 0.5) is 0 Å². The highest BCUT2D eigenvalue weighted by Crippen LogP contribution is 2.31. The van der Waals surface area contributed by atoms with E-state index in [1.807, 2.05) is 18.2 Å². The monoisotopic (exact) mass is 378 g/mol. The molecule has 2 heterocycles. The van der Waals surface area contributed by atoms with Gasteiger partial charge >= 0.3 is 0 Å². The third-order valence-corrected chi connectivity index (χ3v) is 5.81. The third-order valence-electron chi connectivity index (χ3n) is 4.58. The van der Waals surface area contributed by atoms with E-state index in [2.05, 4.69) is 16.3 Å². The molecule has 1 saturated heterocycles. The molecule has 1 unspecified atom stereocenters. The molecular formula is C19H23ClN2O2S. The normalized spacial score (nSPS) is 16.4. The fourth-order valence-electron chi connectivity index (χ4n) is 3.32. The molecule has 0 radical (unpaired) electrons. The first-order valence-corrected chi connectivity index (χ1v) is 9.79. The molecule has 0 saturated carbocycles. The number of nitrogens with one attached hydrogen (secondary N) is 1. The number of amides is 1. The maximum atomic E-state index is 12.4. The molecule has 1 fully saturated rings. The van der Waals surface area contributed by atoms with Gasteiger partial charge in [0.25, 0.3) is 5.91 Å². The van der Waals surface area contributed by atoms with Gasteiger partial charge in [0, 0.05) is 12.1 Å². The molecule has 6 heteroatoms. The van der Waals surface area contributed by atoms with Crippen LogP contribution in [0.2, 0.25) is 4.34 Å². The Bertz CT molecular complexity index is 713. The van der Waals surface area contributed by atoms with E-state index in [9.17, 15) is 4.79 Å². The fraction of sp³-hybridized carbons (Fsp3) is 0.421. The lowest BCUT2D eigenvalue weighted by Gasteiger charge is -2.35. The molecule has 3 rings (SSSR count). The van der Waals surface area contributed by atoms with Gasteiger partial charge in [0.15, 0.2) is 0 Å². The lowest BCUT2D eigenvalue weighted by atomic mass is 10.0. The van der Waals surface area contributed by atoms with Crippen LogP contribution in [-0.4, -0.2) is 37.6 Å². The quantitative estimate of drug-likeness (QED) is 0.811. The van der Waals surface area contributed by atoms with Gasteiger partial charge in [-0.2, -0.15) is 0 Å². The second-order valence-electron chi connectivity index (χ2n) is 6.17. The number of halogens is 1. The number of thiophene rings is 1. The first-order valence-electron chi connectivity index (χ1n) is 8.59. The van der Waals surface area contributed by atoms with Gasteiger partial charge in [-0.15, -0.1) is 11.3 Å². The summed E-state index contributed by atoms with van der Waals surface area (Å²) >= 11 is 7.24. The number of rotatable bonds is 6. The molecular weight excluding hydrogens is 356 g/mol. The van der Waals surface area contributed by atoms with Crippen LogP contribution in [0.3, 0.4) is 0 Å². The Labute approximate surface area is 157 Å². The van der Waals surface area contributed by atoms with E-state index < -0.39 is 0 Å². The number of para-hydroxylation sites is 1. The highest BCUT2D eigenvalue weighted by Gasteiger charge is 2.25. The Kier molecular flexibility index (Phi) is 6.34. The van der Waals surface area contributed by atoms with Crippen molar-refractivity contribution in [3.05, 3.63) is 51.2 Å². The van der Waals surface area contributed by atoms with Crippen LogP contribution >= 0.6 is 22.9 Å². The number of likely N-dealkylation sites (tertiary alicyclic amines) is 1. The lowest BCUT2D eigenvalue weighted by Crippen LogP contribution is -2.40. The van der Waals surface area contributed by atoms with Crippen molar-refractivity contribution in [1.29, 1.82) is 0 Å². The Balaban J connectivity index is 1.77. The summed E-state index contributed by atoms with van der Waals surface area (Å²) in [6.07, 6.45) is 3.66. The van der Waals surface area contributed by atoms with Crippen molar-refractivity contribution in [3.63, 3.8) is 0 Å². The van der Waals surface area contributed by atoms with E-state index in [1.165, 1.54) is 30.6 Å². The SMILES string of the molecule is COc1ccccc1C(CNC(=O)c1ccc(Cl)s1)N1CCCCC1. The minimum absolute atomic E-state index is 0.0752. The second kappa shape index (κ2) is 8.70. The zero-order chi connectivity index (χ0) is 17.6. The van der Waals surface area contributed by atoms with Gasteiger partial charge in [0.2, 0.25) is 0 Å². The maximum Gasteiger partial charge on any atom is 0.261 e. The number of carbonyl (C=O) groups excluding carboxylic acids is 1. The van der Waals surface area contributed by atoms with Crippen LogP contribution < -0.4 is 10.1 Å². The zero-order valence-corrected chi connectivity index (χ0v) is 15.9. The molecule has 1 N–H and O–H groups in total. The number of ether oxygens (including phenoxy) is 1. The van der Waals surface area contributed by atoms with Gasteiger partial charge in [0.05, 0.1) is 22.4 Å². The fourth-order valence-corrected chi connectivity index (χ4v) is 4.28. The first kappa shape index (κ1) is 18.2. The Morgan fingerprint density at radius 1 is 1.24 bits per heavy atom. The molecule has 134 valence electrons. The number of hydrogen-bond acceptors (Lipinski definition) is 4. The number of benzene rings is 1. The molecule has 1 amide bonds. The number of hydrogen-bond donors (Lipinski definition) is 1. The topological polar surface area (TPSA) is 41.6 Å². The van der Waals surface area contributed by atoms with E-state index in [1.54, 1.807) is 19.2 Å². The van der Waals surface area contributed by atoms with E-state index in [0.29, 0.717) is 15.8 Å². The van der Waals surface area contributed by atoms with Crippen molar-refractivity contribution in [2.75, 3.05) is 26.7 Å². The number of carbonyl (C=O) groups is 1. The molecule has 1 aliphatic rings. The summed E-state index contributed by atoms with van der Waals surface area (Å²) in [5.74, 6) is 0.792. The minimum atomic E-state index is -0.0752. The van der Waals surface area contributed by atoms with E-state index in [0.717, 1.165) is 24.4 Å². The standard InChI is InChI=1S/C19H23ClN2O2S/c1-24-16-8-4-3-7-14(16)15(22-11-5-2-6-12-22)13-21-19(23)17-9-10-18(20)25-17/h3-4,7-10,15H,2,5-6,11-13H2,1H3,(H,21,23).